The van der Waals surface area contributed by atoms with Crippen LogP contribution in [0.5, 0.6) is 5.75 Å². The Morgan fingerprint density at radius 1 is 1.16 bits per heavy atom. The van der Waals surface area contributed by atoms with Gasteiger partial charge in [-0.1, -0.05) is 11.6 Å². The molecule has 0 amide bonds. The quantitative estimate of drug-likeness (QED) is 0.777. The average molecular weight is 273 g/mol. The Hall–Kier alpha value is -1.80. The molecule has 0 bridgehead atoms. The highest BCUT2D eigenvalue weighted by molar-refractivity contribution is 6.31. The molecule has 2 nitrogen and oxygen atoms in total. The van der Waals surface area contributed by atoms with E-state index in [-0.39, 0.29) is 5.78 Å². The number of hydrogen-bond acceptors (Lipinski definition) is 2. The van der Waals surface area contributed by atoms with Crippen LogP contribution in [-0.2, 0) is 6.42 Å². The van der Waals surface area contributed by atoms with Crippen molar-refractivity contribution >= 4 is 17.4 Å². The van der Waals surface area contributed by atoms with Crippen molar-refractivity contribution < 1.29 is 9.53 Å². The summed E-state index contributed by atoms with van der Waals surface area (Å²) in [5, 5.41) is 0.680. The van der Waals surface area contributed by atoms with Gasteiger partial charge in [0, 0.05) is 22.6 Å². The van der Waals surface area contributed by atoms with Gasteiger partial charge in [-0.15, -0.1) is 0 Å². The fourth-order valence-electron chi connectivity index (χ4n) is 2.28. The Balaban J connectivity index is 1.97. The average Bonchev–Trinajstić information content (AvgIpc) is 2.88. The van der Waals surface area contributed by atoms with Gasteiger partial charge in [-0.05, 0) is 54.4 Å². The lowest BCUT2D eigenvalue weighted by molar-refractivity contribution is 0.103. The third kappa shape index (κ3) is 2.24. The summed E-state index contributed by atoms with van der Waals surface area (Å²) in [4.78, 5) is 12.4. The fourth-order valence-corrected chi connectivity index (χ4v) is 2.40. The summed E-state index contributed by atoms with van der Waals surface area (Å²) in [7, 11) is 0. The zero-order valence-electron chi connectivity index (χ0n) is 10.6. The number of ether oxygens (including phenoxy) is 1. The Morgan fingerprint density at radius 3 is 2.68 bits per heavy atom. The second-order valence-corrected chi connectivity index (χ2v) is 5.12. The molecule has 0 aliphatic carbocycles. The van der Waals surface area contributed by atoms with Crippen molar-refractivity contribution in [3.05, 3.63) is 63.7 Å². The summed E-state index contributed by atoms with van der Waals surface area (Å²) in [6, 6.07) is 11.0. The van der Waals surface area contributed by atoms with Gasteiger partial charge in [-0.2, -0.15) is 0 Å². The van der Waals surface area contributed by atoms with E-state index in [2.05, 4.69) is 0 Å². The summed E-state index contributed by atoms with van der Waals surface area (Å²) >= 11 is 5.98. The van der Waals surface area contributed by atoms with Crippen LogP contribution in [0.25, 0.3) is 0 Å². The maximum atomic E-state index is 12.4. The predicted molar refractivity (Wildman–Crippen MR) is 75.3 cm³/mol. The first-order chi connectivity index (χ1) is 9.15. The van der Waals surface area contributed by atoms with Gasteiger partial charge in [0.25, 0.3) is 0 Å². The van der Waals surface area contributed by atoms with Crippen LogP contribution in [0.4, 0.5) is 0 Å². The number of halogens is 1. The van der Waals surface area contributed by atoms with Crippen molar-refractivity contribution in [3.8, 4) is 5.75 Å². The van der Waals surface area contributed by atoms with Crippen molar-refractivity contribution in [2.24, 2.45) is 0 Å². The second kappa shape index (κ2) is 4.71. The van der Waals surface area contributed by atoms with Crippen LogP contribution >= 0.6 is 11.6 Å². The van der Waals surface area contributed by atoms with Crippen LogP contribution in [0.1, 0.15) is 27.0 Å². The molecule has 0 saturated heterocycles. The molecule has 1 aliphatic rings. The summed E-state index contributed by atoms with van der Waals surface area (Å²) in [6.07, 6.45) is 0.871. The first-order valence-electron chi connectivity index (χ1n) is 6.22. The minimum Gasteiger partial charge on any atom is -0.493 e. The molecule has 0 fully saturated rings. The normalized spacial score (nSPS) is 12.9. The molecule has 3 rings (SSSR count). The molecule has 0 unspecified atom stereocenters. The summed E-state index contributed by atoms with van der Waals surface area (Å²) in [6.45, 7) is 2.60. The van der Waals surface area contributed by atoms with Gasteiger partial charge >= 0.3 is 0 Å². The van der Waals surface area contributed by atoms with E-state index >= 15 is 0 Å². The summed E-state index contributed by atoms with van der Waals surface area (Å²) < 4.78 is 5.44. The lowest BCUT2D eigenvalue weighted by Crippen LogP contribution is -2.02. The Labute approximate surface area is 117 Å². The van der Waals surface area contributed by atoms with Crippen molar-refractivity contribution in [2.75, 3.05) is 6.61 Å². The molecule has 0 N–H and O–H groups in total. The van der Waals surface area contributed by atoms with E-state index in [1.807, 2.05) is 31.2 Å². The Bertz CT molecular complexity index is 662. The van der Waals surface area contributed by atoms with E-state index in [1.165, 1.54) is 0 Å². The smallest absolute Gasteiger partial charge is 0.193 e. The molecular weight excluding hydrogens is 260 g/mol. The number of ketones is 1. The molecule has 0 saturated carbocycles. The molecule has 2 aromatic carbocycles. The van der Waals surface area contributed by atoms with Gasteiger partial charge in [-0.3, -0.25) is 4.79 Å². The zero-order valence-corrected chi connectivity index (χ0v) is 11.3. The Kier molecular flexibility index (Phi) is 3.03. The number of hydrogen-bond donors (Lipinski definition) is 0. The monoisotopic (exact) mass is 272 g/mol. The van der Waals surface area contributed by atoms with Crippen molar-refractivity contribution in [1.82, 2.24) is 0 Å². The highest BCUT2D eigenvalue weighted by Gasteiger charge is 2.16. The molecule has 0 radical (unpaired) electrons. The van der Waals surface area contributed by atoms with E-state index in [0.29, 0.717) is 22.8 Å². The number of carbonyl (C=O) groups excluding carboxylic acids is 1. The third-order valence-electron chi connectivity index (χ3n) is 3.37. The van der Waals surface area contributed by atoms with E-state index in [0.717, 1.165) is 23.3 Å². The lowest BCUT2D eigenvalue weighted by atomic mass is 9.99. The first kappa shape index (κ1) is 12.2. The maximum absolute atomic E-state index is 12.4. The molecule has 0 atom stereocenters. The number of benzene rings is 2. The minimum absolute atomic E-state index is 0.0227. The van der Waals surface area contributed by atoms with Crippen LogP contribution in [-0.4, -0.2) is 12.4 Å². The fraction of sp³-hybridized carbons (Fsp3) is 0.188. The second-order valence-electron chi connectivity index (χ2n) is 4.71. The van der Waals surface area contributed by atoms with Crippen molar-refractivity contribution in [2.45, 2.75) is 13.3 Å². The standard InChI is InChI=1S/C16H13ClO2/c1-10-8-12(2-4-14(10)17)16(18)13-3-5-15-11(9-13)6-7-19-15/h2-5,8-9H,6-7H2,1H3. The van der Waals surface area contributed by atoms with Gasteiger partial charge in [0.15, 0.2) is 5.78 Å². The molecule has 19 heavy (non-hydrogen) atoms. The van der Waals surface area contributed by atoms with Gasteiger partial charge in [0.2, 0.25) is 0 Å². The van der Waals surface area contributed by atoms with Gasteiger partial charge < -0.3 is 4.74 Å². The van der Waals surface area contributed by atoms with Gasteiger partial charge in [0.1, 0.15) is 5.75 Å². The SMILES string of the molecule is Cc1cc(C(=O)c2ccc3c(c2)CCO3)ccc1Cl. The van der Waals surface area contributed by atoms with Crippen molar-refractivity contribution in [3.63, 3.8) is 0 Å². The highest BCUT2D eigenvalue weighted by atomic mass is 35.5. The van der Waals surface area contributed by atoms with Crippen LogP contribution in [0.3, 0.4) is 0 Å². The molecule has 0 aromatic heterocycles. The summed E-state index contributed by atoms with van der Waals surface area (Å²) in [5.41, 5.74) is 3.39. The maximum Gasteiger partial charge on any atom is 0.193 e. The van der Waals surface area contributed by atoms with E-state index in [9.17, 15) is 4.79 Å². The minimum atomic E-state index is 0.0227. The molecule has 3 heteroatoms. The molecule has 0 spiro atoms. The largest absolute Gasteiger partial charge is 0.493 e. The number of carbonyl (C=O) groups is 1. The Morgan fingerprint density at radius 2 is 1.89 bits per heavy atom. The van der Waals surface area contributed by atoms with Crippen LogP contribution in [0.2, 0.25) is 5.02 Å². The number of fused-ring (bicyclic) bond motifs is 1. The molecule has 96 valence electrons. The molecule has 2 aromatic rings. The van der Waals surface area contributed by atoms with E-state index in [4.69, 9.17) is 16.3 Å². The number of aryl methyl sites for hydroxylation is 1. The van der Waals surface area contributed by atoms with Crippen LogP contribution in [0.15, 0.2) is 36.4 Å². The zero-order chi connectivity index (χ0) is 13.4. The lowest BCUT2D eigenvalue weighted by Gasteiger charge is -2.05. The van der Waals surface area contributed by atoms with Gasteiger partial charge in [0.05, 0.1) is 6.61 Å². The number of rotatable bonds is 2. The van der Waals surface area contributed by atoms with E-state index in [1.54, 1.807) is 12.1 Å². The van der Waals surface area contributed by atoms with E-state index < -0.39 is 0 Å². The summed E-state index contributed by atoms with van der Waals surface area (Å²) in [5.74, 6) is 0.915. The highest BCUT2D eigenvalue weighted by Crippen LogP contribution is 2.27. The third-order valence-corrected chi connectivity index (χ3v) is 3.80. The van der Waals surface area contributed by atoms with Crippen LogP contribution in [0, 0.1) is 6.92 Å². The van der Waals surface area contributed by atoms with Gasteiger partial charge in [-0.25, -0.2) is 0 Å². The molecule has 1 aliphatic heterocycles. The predicted octanol–water partition coefficient (Wildman–Crippen LogP) is 3.81. The first-order valence-corrected chi connectivity index (χ1v) is 6.59. The van der Waals surface area contributed by atoms with Crippen LogP contribution < -0.4 is 4.74 Å². The molecular formula is C16H13ClO2. The topological polar surface area (TPSA) is 26.3 Å². The van der Waals surface area contributed by atoms with Crippen molar-refractivity contribution in [1.29, 1.82) is 0 Å². The molecule has 1 heterocycles.